The van der Waals surface area contributed by atoms with Gasteiger partial charge in [0.25, 0.3) is 0 Å². The Morgan fingerprint density at radius 2 is 2.11 bits per heavy atom. The molecule has 2 aromatic heterocycles. The Morgan fingerprint density at radius 3 is 2.78 bits per heavy atom. The molecule has 0 spiro atoms. The third-order valence-electron chi connectivity index (χ3n) is 2.62. The molecule has 1 saturated heterocycles. The summed E-state index contributed by atoms with van der Waals surface area (Å²) in [5, 5.41) is 0. The molecule has 1 aliphatic heterocycles. The number of aromatic nitrogens is 3. The Labute approximate surface area is 112 Å². The highest BCUT2D eigenvalue weighted by Gasteiger charge is 2.23. The minimum Gasteiger partial charge on any atom is -0.369 e. The minimum atomic E-state index is -0.427. The smallest absolute Gasteiger partial charge is 0.206 e. The fraction of sp³-hybridized carbons (Fsp3) is 0.273. The Bertz CT molecular complexity index is 566. The van der Waals surface area contributed by atoms with Gasteiger partial charge in [0, 0.05) is 16.9 Å². The highest BCUT2D eigenvalue weighted by molar-refractivity contribution is 9.10. The van der Waals surface area contributed by atoms with Gasteiger partial charge in [-0.1, -0.05) is 0 Å². The first-order valence-corrected chi connectivity index (χ1v) is 6.24. The molecular weight excluding hydrogens is 300 g/mol. The highest BCUT2D eigenvalue weighted by atomic mass is 79.9. The monoisotopic (exact) mass is 310 g/mol. The largest absolute Gasteiger partial charge is 0.369 e. The Balaban J connectivity index is 2.02. The molecule has 2 N–H and O–H groups in total. The number of hydrogen-bond donors (Lipinski definition) is 1. The van der Waals surface area contributed by atoms with Crippen molar-refractivity contribution in [1.82, 2.24) is 14.5 Å². The number of anilines is 1. The molecule has 0 aromatic carbocycles. The molecule has 94 valence electrons. The minimum absolute atomic E-state index is 0.393. The Kier molecular flexibility index (Phi) is 3.02. The van der Waals surface area contributed by atoms with Crippen molar-refractivity contribution >= 4 is 21.9 Å². The van der Waals surface area contributed by atoms with Gasteiger partial charge in [0.05, 0.1) is 13.2 Å². The third-order valence-corrected chi connectivity index (χ3v) is 3.29. The number of nitrogens with zero attached hydrogens (tertiary/aromatic N) is 3. The summed E-state index contributed by atoms with van der Waals surface area (Å²) < 4.78 is 13.4. The number of halogens is 1. The van der Waals surface area contributed by atoms with Crippen LogP contribution in [0.5, 0.6) is 0 Å². The van der Waals surface area contributed by atoms with E-state index in [0.29, 0.717) is 30.7 Å². The predicted molar refractivity (Wildman–Crippen MR) is 68.1 cm³/mol. The summed E-state index contributed by atoms with van der Waals surface area (Å²) in [4.78, 5) is 8.47. The van der Waals surface area contributed by atoms with E-state index in [4.69, 9.17) is 15.2 Å². The van der Waals surface area contributed by atoms with Crippen molar-refractivity contribution < 1.29 is 9.47 Å². The molecule has 1 aliphatic rings. The van der Waals surface area contributed by atoms with E-state index < -0.39 is 6.29 Å². The van der Waals surface area contributed by atoms with Crippen LogP contribution in [0.2, 0.25) is 0 Å². The molecule has 0 amide bonds. The average molecular weight is 311 g/mol. The van der Waals surface area contributed by atoms with Crippen molar-refractivity contribution in [1.29, 1.82) is 0 Å². The molecule has 3 heterocycles. The van der Waals surface area contributed by atoms with Gasteiger partial charge < -0.3 is 15.2 Å². The van der Waals surface area contributed by atoms with Crippen LogP contribution in [0.25, 0.3) is 5.82 Å². The highest BCUT2D eigenvalue weighted by Crippen LogP contribution is 2.29. The molecule has 7 heteroatoms. The lowest BCUT2D eigenvalue weighted by Gasteiger charge is -2.12. The molecule has 0 aliphatic carbocycles. The lowest BCUT2D eigenvalue weighted by atomic mass is 10.3. The molecule has 2 aromatic rings. The van der Waals surface area contributed by atoms with Gasteiger partial charge in [0.2, 0.25) is 12.2 Å². The van der Waals surface area contributed by atoms with Crippen LogP contribution in [0.3, 0.4) is 0 Å². The number of nitrogen functional groups attached to an aromatic ring is 1. The summed E-state index contributed by atoms with van der Waals surface area (Å²) in [5.41, 5.74) is 6.46. The van der Waals surface area contributed by atoms with Gasteiger partial charge in [-0.05, 0) is 28.1 Å². The summed E-state index contributed by atoms with van der Waals surface area (Å²) in [7, 11) is 0. The van der Waals surface area contributed by atoms with E-state index in [1.807, 2.05) is 12.1 Å². The van der Waals surface area contributed by atoms with E-state index in [1.54, 1.807) is 17.0 Å². The van der Waals surface area contributed by atoms with E-state index in [2.05, 4.69) is 25.9 Å². The molecule has 18 heavy (non-hydrogen) atoms. The zero-order chi connectivity index (χ0) is 12.5. The fourth-order valence-corrected chi connectivity index (χ4v) is 2.18. The number of hydrogen-bond acceptors (Lipinski definition) is 5. The van der Waals surface area contributed by atoms with Gasteiger partial charge in [-0.25, -0.2) is 9.97 Å². The summed E-state index contributed by atoms with van der Waals surface area (Å²) >= 11 is 3.44. The zero-order valence-corrected chi connectivity index (χ0v) is 11.0. The molecule has 3 rings (SSSR count). The Morgan fingerprint density at radius 1 is 1.33 bits per heavy atom. The molecule has 0 unspecified atom stereocenters. The quantitative estimate of drug-likeness (QED) is 0.913. The number of imidazole rings is 1. The van der Waals surface area contributed by atoms with Crippen LogP contribution in [0, 0.1) is 0 Å². The zero-order valence-electron chi connectivity index (χ0n) is 9.41. The van der Waals surface area contributed by atoms with Crippen LogP contribution in [-0.4, -0.2) is 27.7 Å². The second-order valence-electron chi connectivity index (χ2n) is 3.77. The first kappa shape index (κ1) is 11.6. The molecule has 0 bridgehead atoms. The fourth-order valence-electron chi connectivity index (χ4n) is 1.77. The van der Waals surface area contributed by atoms with Gasteiger partial charge in [0.1, 0.15) is 11.5 Å². The number of pyridine rings is 1. The van der Waals surface area contributed by atoms with E-state index in [1.165, 1.54) is 0 Å². The molecule has 0 saturated carbocycles. The summed E-state index contributed by atoms with van der Waals surface area (Å²) in [5.74, 6) is 1.08. The maximum absolute atomic E-state index is 5.75. The summed E-state index contributed by atoms with van der Waals surface area (Å²) in [6.07, 6.45) is 2.96. The topological polar surface area (TPSA) is 75.2 Å². The van der Waals surface area contributed by atoms with E-state index >= 15 is 0 Å². The van der Waals surface area contributed by atoms with Crippen molar-refractivity contribution in [3.05, 3.63) is 34.7 Å². The third kappa shape index (κ3) is 2.00. The SMILES string of the molecule is Nc1nccn1-c1ccc(Br)c(C2OCCO2)n1. The van der Waals surface area contributed by atoms with E-state index in [-0.39, 0.29) is 0 Å². The summed E-state index contributed by atoms with van der Waals surface area (Å²) in [6, 6.07) is 3.74. The van der Waals surface area contributed by atoms with Crippen molar-refractivity contribution in [2.24, 2.45) is 0 Å². The second-order valence-corrected chi connectivity index (χ2v) is 4.62. The van der Waals surface area contributed by atoms with Crippen LogP contribution in [-0.2, 0) is 9.47 Å². The van der Waals surface area contributed by atoms with Crippen molar-refractivity contribution in [3.8, 4) is 5.82 Å². The maximum atomic E-state index is 5.75. The van der Waals surface area contributed by atoms with Crippen LogP contribution >= 0.6 is 15.9 Å². The maximum Gasteiger partial charge on any atom is 0.206 e. The molecular formula is C11H11BrN4O2. The molecule has 0 atom stereocenters. The molecule has 0 radical (unpaired) electrons. The summed E-state index contributed by atoms with van der Waals surface area (Å²) in [6.45, 7) is 1.16. The van der Waals surface area contributed by atoms with Crippen LogP contribution in [0.15, 0.2) is 29.0 Å². The first-order chi connectivity index (χ1) is 8.75. The van der Waals surface area contributed by atoms with E-state index in [9.17, 15) is 0 Å². The Hall–Kier alpha value is -1.44. The average Bonchev–Trinajstić information content (AvgIpc) is 3.01. The number of nitrogens with two attached hydrogens (primary N) is 1. The predicted octanol–water partition coefficient (Wildman–Crippen LogP) is 1.66. The van der Waals surface area contributed by atoms with Gasteiger partial charge >= 0.3 is 0 Å². The number of rotatable bonds is 2. The lowest BCUT2D eigenvalue weighted by molar-refractivity contribution is -0.0478. The normalized spacial score (nSPS) is 16.3. The van der Waals surface area contributed by atoms with Gasteiger partial charge in [-0.3, -0.25) is 4.57 Å². The van der Waals surface area contributed by atoms with Gasteiger partial charge in [-0.15, -0.1) is 0 Å². The lowest BCUT2D eigenvalue weighted by Crippen LogP contribution is -2.07. The second kappa shape index (κ2) is 4.68. The van der Waals surface area contributed by atoms with Crippen LogP contribution in [0.1, 0.15) is 12.0 Å². The van der Waals surface area contributed by atoms with Crippen molar-refractivity contribution in [3.63, 3.8) is 0 Å². The van der Waals surface area contributed by atoms with Crippen molar-refractivity contribution in [2.45, 2.75) is 6.29 Å². The van der Waals surface area contributed by atoms with Crippen LogP contribution in [0.4, 0.5) is 5.95 Å². The van der Waals surface area contributed by atoms with Gasteiger partial charge in [-0.2, -0.15) is 0 Å². The number of ether oxygens (including phenoxy) is 2. The first-order valence-electron chi connectivity index (χ1n) is 5.44. The molecule has 1 fully saturated rings. The van der Waals surface area contributed by atoms with E-state index in [0.717, 1.165) is 4.47 Å². The van der Waals surface area contributed by atoms with Gasteiger partial charge in [0.15, 0.2) is 0 Å². The molecule has 6 nitrogen and oxygen atoms in total. The van der Waals surface area contributed by atoms with Crippen LogP contribution < -0.4 is 5.73 Å². The standard InChI is InChI=1S/C11H11BrN4O2/c12-7-1-2-8(16-4-3-14-11(16)13)15-9(7)10-17-5-6-18-10/h1-4,10H,5-6H2,(H2,13,14). The van der Waals surface area contributed by atoms with Crippen molar-refractivity contribution in [2.75, 3.05) is 18.9 Å².